The Bertz CT molecular complexity index is 528. The molecule has 20 heavy (non-hydrogen) atoms. The third-order valence-electron chi connectivity index (χ3n) is 3.32. The number of aromatic hydroxyl groups is 1. The van der Waals surface area contributed by atoms with E-state index >= 15 is 0 Å². The zero-order valence-corrected chi connectivity index (χ0v) is 13.2. The van der Waals surface area contributed by atoms with Gasteiger partial charge in [0.1, 0.15) is 5.75 Å². The minimum atomic E-state index is 0.176. The van der Waals surface area contributed by atoms with Gasteiger partial charge in [0.2, 0.25) is 0 Å². The summed E-state index contributed by atoms with van der Waals surface area (Å²) in [5.41, 5.74) is 0.949. The maximum Gasteiger partial charge on any atom is 0.120 e. The van der Waals surface area contributed by atoms with Crippen LogP contribution in [0.4, 0.5) is 0 Å². The second-order valence-corrected chi connectivity index (χ2v) is 5.69. The van der Waals surface area contributed by atoms with Crippen molar-refractivity contribution in [1.82, 2.24) is 14.9 Å². The van der Waals surface area contributed by atoms with E-state index in [1.807, 2.05) is 24.7 Å². The van der Waals surface area contributed by atoms with E-state index in [1.165, 1.54) is 0 Å². The van der Waals surface area contributed by atoms with Crippen LogP contribution in [0.1, 0.15) is 31.4 Å². The van der Waals surface area contributed by atoms with Gasteiger partial charge in [0.15, 0.2) is 0 Å². The molecule has 2 rings (SSSR count). The number of nitrogens with zero attached hydrogens (tertiary/aromatic N) is 2. The first-order valence-electron chi connectivity index (χ1n) is 6.88. The number of halogens is 1. The molecule has 0 aliphatic heterocycles. The van der Waals surface area contributed by atoms with Crippen molar-refractivity contribution in [2.24, 2.45) is 0 Å². The van der Waals surface area contributed by atoms with Crippen LogP contribution >= 0.6 is 15.9 Å². The van der Waals surface area contributed by atoms with Gasteiger partial charge in [-0.1, -0.05) is 22.9 Å². The molecule has 0 radical (unpaired) electrons. The molecule has 0 spiro atoms. The van der Waals surface area contributed by atoms with Crippen molar-refractivity contribution in [3.05, 3.63) is 47.0 Å². The van der Waals surface area contributed by atoms with E-state index in [-0.39, 0.29) is 6.04 Å². The Kier molecular flexibility index (Phi) is 5.61. The van der Waals surface area contributed by atoms with Gasteiger partial charge in [0.25, 0.3) is 0 Å². The maximum absolute atomic E-state index is 9.97. The molecule has 0 aliphatic carbocycles. The smallest absolute Gasteiger partial charge is 0.120 e. The summed E-state index contributed by atoms with van der Waals surface area (Å²) in [6.07, 6.45) is 7.56. The molecule has 1 aromatic carbocycles. The Morgan fingerprint density at radius 2 is 2.30 bits per heavy atom. The molecule has 0 saturated heterocycles. The third kappa shape index (κ3) is 4.08. The summed E-state index contributed by atoms with van der Waals surface area (Å²) in [5, 5.41) is 13.5. The van der Waals surface area contributed by atoms with Crippen LogP contribution in [0.3, 0.4) is 0 Å². The average Bonchev–Trinajstić information content (AvgIpc) is 2.95. The summed E-state index contributed by atoms with van der Waals surface area (Å²) < 4.78 is 3.06. The van der Waals surface area contributed by atoms with Crippen molar-refractivity contribution in [3.63, 3.8) is 0 Å². The van der Waals surface area contributed by atoms with E-state index in [2.05, 4.69) is 37.7 Å². The molecule has 108 valence electrons. The Balaban J connectivity index is 1.87. The lowest BCUT2D eigenvalue weighted by Gasteiger charge is -2.19. The van der Waals surface area contributed by atoms with Gasteiger partial charge in [-0.3, -0.25) is 0 Å². The predicted octanol–water partition coefficient (Wildman–Crippen LogP) is 3.48. The van der Waals surface area contributed by atoms with Gasteiger partial charge in [0.05, 0.1) is 6.33 Å². The van der Waals surface area contributed by atoms with Crippen molar-refractivity contribution >= 4 is 15.9 Å². The number of aromatic nitrogens is 2. The van der Waals surface area contributed by atoms with Crippen molar-refractivity contribution in [2.75, 3.05) is 6.54 Å². The summed E-state index contributed by atoms with van der Waals surface area (Å²) in [7, 11) is 0. The van der Waals surface area contributed by atoms with E-state index in [1.54, 1.807) is 12.3 Å². The van der Waals surface area contributed by atoms with Gasteiger partial charge < -0.3 is 15.0 Å². The molecule has 0 amide bonds. The highest BCUT2D eigenvalue weighted by Gasteiger charge is 2.13. The van der Waals surface area contributed by atoms with Crippen molar-refractivity contribution in [3.8, 4) is 5.75 Å². The normalized spacial score (nSPS) is 12.5. The summed E-state index contributed by atoms with van der Waals surface area (Å²) in [6.45, 7) is 3.98. The van der Waals surface area contributed by atoms with Gasteiger partial charge >= 0.3 is 0 Å². The van der Waals surface area contributed by atoms with Crippen LogP contribution in [0, 0.1) is 0 Å². The van der Waals surface area contributed by atoms with Gasteiger partial charge in [-0.25, -0.2) is 4.98 Å². The summed E-state index contributed by atoms with van der Waals surface area (Å²) >= 11 is 3.45. The van der Waals surface area contributed by atoms with E-state index in [0.29, 0.717) is 5.75 Å². The molecule has 2 aromatic rings. The van der Waals surface area contributed by atoms with E-state index < -0.39 is 0 Å². The van der Waals surface area contributed by atoms with Crippen molar-refractivity contribution in [1.29, 1.82) is 0 Å². The van der Waals surface area contributed by atoms with E-state index in [0.717, 1.165) is 36.0 Å². The monoisotopic (exact) mass is 337 g/mol. The van der Waals surface area contributed by atoms with Crippen LogP contribution < -0.4 is 5.32 Å². The molecular formula is C15H20BrN3O. The molecule has 2 N–H and O–H groups in total. The number of hydrogen-bond acceptors (Lipinski definition) is 3. The number of benzene rings is 1. The van der Waals surface area contributed by atoms with Crippen LogP contribution in [0.5, 0.6) is 5.75 Å². The van der Waals surface area contributed by atoms with Crippen molar-refractivity contribution < 1.29 is 5.11 Å². The average molecular weight is 338 g/mol. The predicted molar refractivity (Wildman–Crippen MR) is 83.7 cm³/mol. The molecule has 0 bridgehead atoms. The maximum atomic E-state index is 9.97. The Morgan fingerprint density at radius 3 is 3.00 bits per heavy atom. The number of phenols is 1. The van der Waals surface area contributed by atoms with Gasteiger partial charge in [-0.2, -0.15) is 0 Å². The summed E-state index contributed by atoms with van der Waals surface area (Å²) in [5.74, 6) is 0.349. The molecule has 1 atom stereocenters. The van der Waals surface area contributed by atoms with Crippen LogP contribution in [0.15, 0.2) is 41.4 Å². The Labute approximate surface area is 128 Å². The first kappa shape index (κ1) is 15.1. The number of imidazole rings is 1. The number of nitrogens with one attached hydrogen (secondary N) is 1. The number of aryl methyl sites for hydroxylation is 1. The van der Waals surface area contributed by atoms with Crippen LogP contribution in [0.25, 0.3) is 0 Å². The second kappa shape index (κ2) is 7.45. The van der Waals surface area contributed by atoms with E-state index in [9.17, 15) is 5.11 Å². The van der Waals surface area contributed by atoms with Gasteiger partial charge in [0, 0.05) is 35.0 Å². The largest absolute Gasteiger partial charge is 0.508 e. The SMILES string of the molecule is CCC(NCCCn1ccnc1)c1cc(Br)ccc1O. The highest BCUT2D eigenvalue weighted by molar-refractivity contribution is 9.10. The molecule has 0 fully saturated rings. The molecule has 0 saturated carbocycles. The fourth-order valence-electron chi connectivity index (χ4n) is 2.24. The minimum absolute atomic E-state index is 0.176. The molecule has 1 aromatic heterocycles. The Hall–Kier alpha value is -1.33. The van der Waals surface area contributed by atoms with Crippen LogP contribution in [0.2, 0.25) is 0 Å². The van der Waals surface area contributed by atoms with Gasteiger partial charge in [-0.15, -0.1) is 0 Å². The lowest BCUT2D eigenvalue weighted by Crippen LogP contribution is -2.23. The van der Waals surface area contributed by atoms with E-state index in [4.69, 9.17) is 0 Å². The third-order valence-corrected chi connectivity index (χ3v) is 3.81. The number of phenolic OH excluding ortho intramolecular Hbond substituents is 1. The molecule has 0 aliphatic rings. The minimum Gasteiger partial charge on any atom is -0.508 e. The van der Waals surface area contributed by atoms with Crippen LogP contribution in [-0.4, -0.2) is 21.2 Å². The topological polar surface area (TPSA) is 50.1 Å². The number of hydrogen-bond donors (Lipinski definition) is 2. The first-order chi connectivity index (χ1) is 9.70. The molecule has 1 unspecified atom stereocenters. The summed E-state index contributed by atoms with van der Waals surface area (Å²) in [6, 6.07) is 5.74. The lowest BCUT2D eigenvalue weighted by atomic mass is 10.0. The first-order valence-corrected chi connectivity index (χ1v) is 7.67. The fraction of sp³-hybridized carbons (Fsp3) is 0.400. The molecule has 5 heteroatoms. The highest BCUT2D eigenvalue weighted by atomic mass is 79.9. The van der Waals surface area contributed by atoms with Crippen LogP contribution in [-0.2, 0) is 6.54 Å². The highest BCUT2D eigenvalue weighted by Crippen LogP contribution is 2.29. The second-order valence-electron chi connectivity index (χ2n) is 4.77. The van der Waals surface area contributed by atoms with Gasteiger partial charge in [-0.05, 0) is 37.6 Å². The standard InChI is InChI=1S/C15H20BrN3O/c1-2-14(13-10-12(16)4-5-15(13)20)18-6-3-8-19-9-7-17-11-19/h4-5,7,9-11,14,18,20H,2-3,6,8H2,1H3. The Morgan fingerprint density at radius 1 is 1.45 bits per heavy atom. The fourth-order valence-corrected chi connectivity index (χ4v) is 2.61. The van der Waals surface area contributed by atoms with Crippen molar-refractivity contribution in [2.45, 2.75) is 32.4 Å². The zero-order chi connectivity index (χ0) is 14.4. The quantitative estimate of drug-likeness (QED) is 0.760. The summed E-state index contributed by atoms with van der Waals surface area (Å²) in [4.78, 5) is 4.03. The molecule has 4 nitrogen and oxygen atoms in total. The molecular weight excluding hydrogens is 318 g/mol. The molecule has 1 heterocycles. The lowest BCUT2D eigenvalue weighted by molar-refractivity contribution is 0.436. The zero-order valence-electron chi connectivity index (χ0n) is 11.6. The number of rotatable bonds is 7.